The van der Waals surface area contributed by atoms with E-state index in [1.165, 1.54) is 0 Å². The van der Waals surface area contributed by atoms with Crippen LogP contribution in [0, 0.1) is 17.3 Å². The molecule has 0 aromatic heterocycles. The quantitative estimate of drug-likeness (QED) is 0.763. The third-order valence-corrected chi connectivity index (χ3v) is 5.15. The smallest absolute Gasteiger partial charge is 0.253 e. The van der Waals surface area contributed by atoms with E-state index in [-0.39, 0.29) is 23.6 Å². The van der Waals surface area contributed by atoms with Gasteiger partial charge in [0.25, 0.3) is 5.91 Å². The molecule has 0 bridgehead atoms. The maximum atomic E-state index is 13.0. The Kier molecular flexibility index (Phi) is 7.82. The summed E-state index contributed by atoms with van der Waals surface area (Å²) >= 11 is 0. The lowest BCUT2D eigenvalue weighted by atomic mass is 9.95. The van der Waals surface area contributed by atoms with Gasteiger partial charge in [-0.05, 0) is 43.4 Å². The standard InChI is InChI=1S/C23H35N3O3/c1-16(2)11-12-24-20(27)18-9-7-13-26(15-18)21(28)17-8-6-10-19(14-17)25-22(29)23(3,4)5/h6,8,10,14,16,18H,7,9,11-13,15H2,1-5H3,(H,24,27)(H,25,29). The molecule has 0 spiro atoms. The molecule has 29 heavy (non-hydrogen) atoms. The highest BCUT2D eigenvalue weighted by atomic mass is 16.2. The first-order chi connectivity index (χ1) is 13.6. The molecule has 0 saturated carbocycles. The zero-order chi connectivity index (χ0) is 21.6. The van der Waals surface area contributed by atoms with Crippen molar-refractivity contribution in [2.75, 3.05) is 25.0 Å². The predicted molar refractivity (Wildman–Crippen MR) is 116 cm³/mol. The number of hydrogen-bond acceptors (Lipinski definition) is 3. The molecule has 3 amide bonds. The lowest BCUT2D eigenvalue weighted by Crippen LogP contribution is -2.45. The number of carbonyl (C=O) groups excluding carboxylic acids is 3. The summed E-state index contributed by atoms with van der Waals surface area (Å²) in [6, 6.07) is 7.01. The minimum absolute atomic E-state index is 0.0364. The Hall–Kier alpha value is -2.37. The van der Waals surface area contributed by atoms with Gasteiger partial charge in [0.05, 0.1) is 5.92 Å². The van der Waals surface area contributed by atoms with Crippen LogP contribution in [0.15, 0.2) is 24.3 Å². The second-order valence-electron chi connectivity index (χ2n) is 9.35. The first-order valence-corrected chi connectivity index (χ1v) is 10.6. The fourth-order valence-electron chi connectivity index (χ4n) is 3.24. The van der Waals surface area contributed by atoms with E-state index in [4.69, 9.17) is 0 Å². The number of likely N-dealkylation sites (tertiary alicyclic amines) is 1. The highest BCUT2D eigenvalue weighted by Gasteiger charge is 2.29. The Balaban J connectivity index is 2.00. The third kappa shape index (κ3) is 6.87. The number of benzene rings is 1. The molecule has 2 rings (SSSR count). The number of hydrogen-bond donors (Lipinski definition) is 2. The molecule has 1 heterocycles. The molecule has 160 valence electrons. The fourth-order valence-corrected chi connectivity index (χ4v) is 3.24. The molecule has 6 heteroatoms. The van der Waals surface area contributed by atoms with Crippen molar-refractivity contribution in [1.82, 2.24) is 10.2 Å². The van der Waals surface area contributed by atoms with Crippen LogP contribution in [0.3, 0.4) is 0 Å². The number of nitrogens with one attached hydrogen (secondary N) is 2. The molecule has 1 fully saturated rings. The third-order valence-electron chi connectivity index (χ3n) is 5.15. The van der Waals surface area contributed by atoms with E-state index in [2.05, 4.69) is 24.5 Å². The van der Waals surface area contributed by atoms with Crippen LogP contribution in [-0.4, -0.2) is 42.3 Å². The van der Waals surface area contributed by atoms with Crippen LogP contribution in [0.25, 0.3) is 0 Å². The van der Waals surface area contributed by atoms with E-state index >= 15 is 0 Å². The average molecular weight is 402 g/mol. The van der Waals surface area contributed by atoms with Crippen LogP contribution in [-0.2, 0) is 9.59 Å². The molecule has 6 nitrogen and oxygen atoms in total. The SMILES string of the molecule is CC(C)CCNC(=O)C1CCCN(C(=O)c2cccc(NC(=O)C(C)(C)C)c2)C1. The van der Waals surface area contributed by atoms with Gasteiger partial charge < -0.3 is 15.5 Å². The molecule has 1 aliphatic rings. The Morgan fingerprint density at radius 1 is 1.21 bits per heavy atom. The van der Waals surface area contributed by atoms with E-state index < -0.39 is 5.41 Å². The first kappa shape index (κ1) is 22.9. The molecular formula is C23H35N3O3. The van der Waals surface area contributed by atoms with E-state index in [0.717, 1.165) is 19.3 Å². The molecule has 1 unspecified atom stereocenters. The van der Waals surface area contributed by atoms with Crippen LogP contribution < -0.4 is 10.6 Å². The molecular weight excluding hydrogens is 366 g/mol. The zero-order valence-corrected chi connectivity index (χ0v) is 18.4. The van der Waals surface area contributed by atoms with Gasteiger partial charge in [-0.1, -0.05) is 40.7 Å². The van der Waals surface area contributed by atoms with Gasteiger partial charge in [0, 0.05) is 36.3 Å². The van der Waals surface area contributed by atoms with Crippen molar-refractivity contribution in [1.29, 1.82) is 0 Å². The van der Waals surface area contributed by atoms with Crippen LogP contribution in [0.1, 0.15) is 64.2 Å². The molecule has 1 aliphatic heterocycles. The Bertz CT molecular complexity index is 737. The summed E-state index contributed by atoms with van der Waals surface area (Å²) in [6.45, 7) is 11.6. The van der Waals surface area contributed by atoms with Gasteiger partial charge in [-0.3, -0.25) is 14.4 Å². The number of nitrogens with zero attached hydrogens (tertiary/aromatic N) is 1. The second kappa shape index (κ2) is 9.90. The summed E-state index contributed by atoms with van der Waals surface area (Å²) in [6.07, 6.45) is 2.57. The maximum Gasteiger partial charge on any atom is 0.253 e. The summed E-state index contributed by atoms with van der Waals surface area (Å²) in [7, 11) is 0. The number of carbonyl (C=O) groups is 3. The first-order valence-electron chi connectivity index (χ1n) is 10.6. The van der Waals surface area contributed by atoms with Crippen LogP contribution in [0.4, 0.5) is 5.69 Å². The lowest BCUT2D eigenvalue weighted by Gasteiger charge is -2.32. The molecule has 2 N–H and O–H groups in total. The Morgan fingerprint density at radius 3 is 2.59 bits per heavy atom. The number of piperidine rings is 1. The van der Waals surface area contributed by atoms with Gasteiger partial charge in [0.15, 0.2) is 0 Å². The maximum absolute atomic E-state index is 13.0. The van der Waals surface area contributed by atoms with Crippen molar-refractivity contribution >= 4 is 23.4 Å². The number of anilines is 1. The Labute approximate surface area is 174 Å². The van der Waals surface area contributed by atoms with Crippen molar-refractivity contribution in [3.8, 4) is 0 Å². The summed E-state index contributed by atoms with van der Waals surface area (Å²) in [5.74, 6) is 0.221. The zero-order valence-electron chi connectivity index (χ0n) is 18.4. The molecule has 0 aliphatic carbocycles. The van der Waals surface area contributed by atoms with Crippen molar-refractivity contribution in [3.63, 3.8) is 0 Å². The highest BCUT2D eigenvalue weighted by Crippen LogP contribution is 2.22. The van der Waals surface area contributed by atoms with Gasteiger partial charge in [-0.2, -0.15) is 0 Å². The van der Waals surface area contributed by atoms with Gasteiger partial charge in [-0.15, -0.1) is 0 Å². The normalized spacial score (nSPS) is 17.2. The van der Waals surface area contributed by atoms with Gasteiger partial charge >= 0.3 is 0 Å². The average Bonchev–Trinajstić information content (AvgIpc) is 2.66. The van der Waals surface area contributed by atoms with E-state index in [1.54, 1.807) is 29.2 Å². The molecule has 1 atom stereocenters. The van der Waals surface area contributed by atoms with Crippen LogP contribution in [0.2, 0.25) is 0 Å². The fraction of sp³-hybridized carbons (Fsp3) is 0.609. The number of amides is 3. The van der Waals surface area contributed by atoms with Crippen molar-refractivity contribution in [2.24, 2.45) is 17.3 Å². The van der Waals surface area contributed by atoms with Gasteiger partial charge in [-0.25, -0.2) is 0 Å². The molecule has 1 aromatic carbocycles. The minimum atomic E-state index is -0.511. The molecule has 0 radical (unpaired) electrons. The van der Waals surface area contributed by atoms with Crippen LogP contribution in [0.5, 0.6) is 0 Å². The Morgan fingerprint density at radius 2 is 1.93 bits per heavy atom. The van der Waals surface area contributed by atoms with E-state index in [0.29, 0.717) is 36.8 Å². The minimum Gasteiger partial charge on any atom is -0.356 e. The van der Waals surface area contributed by atoms with E-state index in [9.17, 15) is 14.4 Å². The van der Waals surface area contributed by atoms with Crippen molar-refractivity contribution < 1.29 is 14.4 Å². The molecule has 1 aromatic rings. The highest BCUT2D eigenvalue weighted by molar-refractivity contribution is 5.98. The van der Waals surface area contributed by atoms with Gasteiger partial charge in [0.2, 0.25) is 11.8 Å². The summed E-state index contributed by atoms with van der Waals surface area (Å²) in [5, 5.41) is 5.87. The van der Waals surface area contributed by atoms with E-state index in [1.807, 2.05) is 20.8 Å². The van der Waals surface area contributed by atoms with Gasteiger partial charge in [0.1, 0.15) is 0 Å². The predicted octanol–water partition coefficient (Wildman–Crippen LogP) is 3.69. The summed E-state index contributed by atoms with van der Waals surface area (Å²) in [5.41, 5.74) is 0.622. The summed E-state index contributed by atoms with van der Waals surface area (Å²) in [4.78, 5) is 39.4. The lowest BCUT2D eigenvalue weighted by molar-refractivity contribution is -0.126. The second-order valence-corrected chi connectivity index (χ2v) is 9.35. The number of rotatable bonds is 6. The van der Waals surface area contributed by atoms with Crippen molar-refractivity contribution in [2.45, 2.75) is 53.9 Å². The largest absolute Gasteiger partial charge is 0.356 e. The monoisotopic (exact) mass is 401 g/mol. The molecule has 1 saturated heterocycles. The summed E-state index contributed by atoms with van der Waals surface area (Å²) < 4.78 is 0. The topological polar surface area (TPSA) is 78.5 Å². The van der Waals surface area contributed by atoms with Crippen LogP contribution >= 0.6 is 0 Å². The van der Waals surface area contributed by atoms with Crippen molar-refractivity contribution in [3.05, 3.63) is 29.8 Å².